The highest BCUT2D eigenvalue weighted by Gasteiger charge is 2.18. The number of hydrogen-bond donors (Lipinski definition) is 1. The molecule has 1 rings (SSSR count). The number of benzene rings is 1. The maximum Gasteiger partial charge on any atom is 0.0719 e. The van der Waals surface area contributed by atoms with Gasteiger partial charge in [-0.3, -0.25) is 0 Å². The van der Waals surface area contributed by atoms with Crippen molar-refractivity contribution in [2.75, 3.05) is 11.9 Å². The van der Waals surface area contributed by atoms with Crippen molar-refractivity contribution in [3.05, 3.63) is 26.7 Å². The highest BCUT2D eigenvalue weighted by atomic mass is 79.9. The minimum atomic E-state index is 0.0233. The second kappa shape index (κ2) is 6.65. The van der Waals surface area contributed by atoms with Crippen molar-refractivity contribution in [1.29, 1.82) is 5.26 Å². The van der Waals surface area contributed by atoms with Crippen LogP contribution >= 0.6 is 39.1 Å². The molecule has 0 aromatic heterocycles. The monoisotopic (exact) mass is 348 g/mol. The number of halogens is 3. The lowest BCUT2D eigenvalue weighted by atomic mass is 9.88. The van der Waals surface area contributed by atoms with Gasteiger partial charge in [-0.2, -0.15) is 5.26 Å². The molecule has 0 atom stereocenters. The third-order valence-electron chi connectivity index (χ3n) is 2.66. The first kappa shape index (κ1) is 15.6. The fraction of sp³-hybridized carbons (Fsp3) is 0.462. The van der Waals surface area contributed by atoms with E-state index >= 15 is 0 Å². The number of nitriles is 1. The van der Waals surface area contributed by atoms with Crippen molar-refractivity contribution in [3.8, 4) is 6.07 Å². The molecule has 0 heterocycles. The highest BCUT2D eigenvalue weighted by molar-refractivity contribution is 9.10. The molecule has 18 heavy (non-hydrogen) atoms. The molecule has 0 saturated heterocycles. The SMILES string of the molecule is CC(C)(CCC#N)CNc1c(Cl)cc(Br)cc1Cl. The smallest absolute Gasteiger partial charge is 0.0719 e. The molecule has 0 spiro atoms. The third kappa shape index (κ3) is 4.68. The Morgan fingerprint density at radius 2 is 1.89 bits per heavy atom. The number of anilines is 1. The molecule has 0 aliphatic heterocycles. The Balaban J connectivity index is 2.72. The van der Waals surface area contributed by atoms with E-state index in [4.69, 9.17) is 28.5 Å². The summed E-state index contributed by atoms with van der Waals surface area (Å²) in [5.74, 6) is 0. The van der Waals surface area contributed by atoms with Crippen LogP contribution in [-0.4, -0.2) is 6.54 Å². The summed E-state index contributed by atoms with van der Waals surface area (Å²) in [5, 5.41) is 13.1. The Bertz CT molecular complexity index is 444. The molecule has 98 valence electrons. The molecule has 1 aromatic carbocycles. The maximum atomic E-state index is 8.62. The van der Waals surface area contributed by atoms with Crippen molar-refractivity contribution >= 4 is 44.8 Å². The summed E-state index contributed by atoms with van der Waals surface area (Å²) in [6, 6.07) is 5.77. The van der Waals surface area contributed by atoms with E-state index in [0.29, 0.717) is 16.5 Å². The van der Waals surface area contributed by atoms with Crippen molar-refractivity contribution in [3.63, 3.8) is 0 Å². The predicted molar refractivity (Wildman–Crippen MR) is 81.3 cm³/mol. The van der Waals surface area contributed by atoms with Gasteiger partial charge in [0.25, 0.3) is 0 Å². The number of nitrogens with zero attached hydrogens (tertiary/aromatic N) is 1. The zero-order valence-corrected chi connectivity index (χ0v) is 13.5. The lowest BCUT2D eigenvalue weighted by Crippen LogP contribution is -2.23. The Morgan fingerprint density at radius 1 is 1.33 bits per heavy atom. The molecule has 0 unspecified atom stereocenters. The molecule has 0 amide bonds. The fourth-order valence-corrected chi connectivity index (χ4v) is 2.86. The van der Waals surface area contributed by atoms with E-state index in [1.807, 2.05) is 0 Å². The van der Waals surface area contributed by atoms with Crippen LogP contribution in [-0.2, 0) is 0 Å². The van der Waals surface area contributed by atoms with Crippen molar-refractivity contribution in [2.45, 2.75) is 26.7 Å². The van der Waals surface area contributed by atoms with Crippen LogP contribution in [0.3, 0.4) is 0 Å². The van der Waals surface area contributed by atoms with Gasteiger partial charge < -0.3 is 5.32 Å². The number of rotatable bonds is 5. The predicted octanol–water partition coefficient (Wildman–Crippen LogP) is 5.50. The first-order valence-electron chi connectivity index (χ1n) is 5.61. The molecule has 0 aliphatic carbocycles. The topological polar surface area (TPSA) is 35.8 Å². The normalized spacial score (nSPS) is 11.1. The first-order valence-corrected chi connectivity index (χ1v) is 7.16. The average molecular weight is 350 g/mol. The minimum Gasteiger partial charge on any atom is -0.382 e. The van der Waals surface area contributed by atoms with Gasteiger partial charge in [-0.15, -0.1) is 0 Å². The molecular weight excluding hydrogens is 335 g/mol. The van der Waals surface area contributed by atoms with Crippen LogP contribution in [0.2, 0.25) is 10.0 Å². The average Bonchev–Trinajstić information content (AvgIpc) is 2.24. The minimum absolute atomic E-state index is 0.0233. The van der Waals surface area contributed by atoms with Crippen LogP contribution in [0.25, 0.3) is 0 Å². The highest BCUT2D eigenvalue weighted by Crippen LogP contribution is 2.35. The molecule has 1 aromatic rings. The second-order valence-electron chi connectivity index (χ2n) is 4.92. The maximum absolute atomic E-state index is 8.62. The van der Waals surface area contributed by atoms with E-state index in [-0.39, 0.29) is 5.41 Å². The summed E-state index contributed by atoms with van der Waals surface area (Å²) in [4.78, 5) is 0. The first-order chi connectivity index (χ1) is 8.35. The van der Waals surface area contributed by atoms with Gasteiger partial charge in [-0.05, 0) is 24.0 Å². The summed E-state index contributed by atoms with van der Waals surface area (Å²) in [6.45, 7) is 4.94. The van der Waals surface area contributed by atoms with Crippen LogP contribution in [0.15, 0.2) is 16.6 Å². The van der Waals surface area contributed by atoms with Crippen LogP contribution in [0.5, 0.6) is 0 Å². The lowest BCUT2D eigenvalue weighted by molar-refractivity contribution is 0.364. The van der Waals surface area contributed by atoms with Crippen molar-refractivity contribution in [2.24, 2.45) is 5.41 Å². The van der Waals surface area contributed by atoms with Gasteiger partial charge in [0.05, 0.1) is 21.8 Å². The summed E-state index contributed by atoms with van der Waals surface area (Å²) in [7, 11) is 0. The van der Waals surface area contributed by atoms with E-state index in [9.17, 15) is 0 Å². The zero-order chi connectivity index (χ0) is 13.8. The standard InChI is InChI=1S/C13H15BrCl2N2/c1-13(2,4-3-5-17)8-18-12-10(15)6-9(14)7-11(12)16/h6-7,18H,3-4,8H2,1-2H3. The molecule has 0 saturated carbocycles. The fourth-order valence-electron chi connectivity index (χ4n) is 1.52. The Labute approximate surface area is 126 Å². The summed E-state index contributed by atoms with van der Waals surface area (Å²) >= 11 is 15.6. The van der Waals surface area contributed by atoms with E-state index in [1.54, 1.807) is 12.1 Å². The number of hydrogen-bond acceptors (Lipinski definition) is 2. The molecular formula is C13H15BrCl2N2. The largest absolute Gasteiger partial charge is 0.382 e. The van der Waals surface area contributed by atoms with Gasteiger partial charge >= 0.3 is 0 Å². The Hall–Kier alpha value is -0.430. The van der Waals surface area contributed by atoms with E-state index < -0.39 is 0 Å². The molecule has 0 fully saturated rings. The van der Waals surface area contributed by atoms with E-state index in [1.165, 1.54) is 0 Å². The van der Waals surface area contributed by atoms with Crippen LogP contribution in [0.4, 0.5) is 5.69 Å². The molecule has 2 nitrogen and oxygen atoms in total. The summed E-state index contributed by atoms with van der Waals surface area (Å²) < 4.78 is 0.854. The Kier molecular flexibility index (Phi) is 5.78. The second-order valence-corrected chi connectivity index (χ2v) is 6.65. The van der Waals surface area contributed by atoms with Gasteiger partial charge in [-0.1, -0.05) is 53.0 Å². The summed E-state index contributed by atoms with van der Waals surface area (Å²) in [5.41, 5.74) is 0.765. The van der Waals surface area contributed by atoms with Gasteiger partial charge in [0, 0.05) is 17.4 Å². The van der Waals surface area contributed by atoms with Gasteiger partial charge in [0.1, 0.15) is 0 Å². The van der Waals surface area contributed by atoms with E-state index in [2.05, 4.69) is 41.2 Å². The molecule has 0 aliphatic rings. The lowest BCUT2D eigenvalue weighted by Gasteiger charge is -2.25. The van der Waals surface area contributed by atoms with Crippen LogP contribution in [0.1, 0.15) is 26.7 Å². The van der Waals surface area contributed by atoms with Crippen molar-refractivity contribution < 1.29 is 0 Å². The number of nitrogens with one attached hydrogen (secondary N) is 1. The van der Waals surface area contributed by atoms with E-state index in [0.717, 1.165) is 23.1 Å². The van der Waals surface area contributed by atoms with Gasteiger partial charge in [0.15, 0.2) is 0 Å². The zero-order valence-electron chi connectivity index (χ0n) is 10.4. The molecule has 5 heteroatoms. The molecule has 0 bridgehead atoms. The summed E-state index contributed by atoms with van der Waals surface area (Å²) in [6.07, 6.45) is 1.39. The van der Waals surface area contributed by atoms with Crippen LogP contribution < -0.4 is 5.32 Å². The molecule has 0 radical (unpaired) electrons. The van der Waals surface area contributed by atoms with Gasteiger partial charge in [-0.25, -0.2) is 0 Å². The quantitative estimate of drug-likeness (QED) is 0.761. The Morgan fingerprint density at radius 3 is 2.39 bits per heavy atom. The van der Waals surface area contributed by atoms with Crippen molar-refractivity contribution in [1.82, 2.24) is 0 Å². The third-order valence-corrected chi connectivity index (χ3v) is 3.72. The van der Waals surface area contributed by atoms with Gasteiger partial charge in [0.2, 0.25) is 0 Å². The molecule has 1 N–H and O–H groups in total. The van der Waals surface area contributed by atoms with Crippen LogP contribution in [0, 0.1) is 16.7 Å².